The molecular formula is C26H33N2O3S. The van der Waals surface area contributed by atoms with E-state index in [4.69, 9.17) is 4.74 Å². The quantitative estimate of drug-likeness (QED) is 0.562. The molecule has 0 atom stereocenters. The fourth-order valence-electron chi connectivity index (χ4n) is 3.55. The van der Waals surface area contributed by atoms with Gasteiger partial charge in [-0.2, -0.15) is 4.31 Å². The van der Waals surface area contributed by atoms with Gasteiger partial charge in [-0.25, -0.2) is 8.42 Å². The number of ether oxygens (including phenoxy) is 1. The summed E-state index contributed by atoms with van der Waals surface area (Å²) in [5, 5.41) is 0. The summed E-state index contributed by atoms with van der Waals surface area (Å²) in [6, 6.07) is 17.8. The maximum atomic E-state index is 12.9. The summed E-state index contributed by atoms with van der Waals surface area (Å²) in [7, 11) is -3.33. The molecule has 0 aliphatic carbocycles. The van der Waals surface area contributed by atoms with Crippen molar-refractivity contribution < 1.29 is 13.2 Å². The van der Waals surface area contributed by atoms with Gasteiger partial charge >= 0.3 is 0 Å². The van der Waals surface area contributed by atoms with E-state index in [0.717, 1.165) is 17.0 Å². The Hall–Kier alpha value is -2.49. The van der Waals surface area contributed by atoms with Crippen LogP contribution in [-0.4, -0.2) is 51.3 Å². The second-order valence-corrected chi connectivity index (χ2v) is 10.6. The van der Waals surface area contributed by atoms with E-state index < -0.39 is 10.0 Å². The maximum Gasteiger partial charge on any atom is 0.214 e. The van der Waals surface area contributed by atoms with Crippen molar-refractivity contribution >= 4 is 15.7 Å². The van der Waals surface area contributed by atoms with E-state index in [1.807, 2.05) is 81.8 Å². The SMILES string of the molecule is CCOc1ccc(N2CCN(S(=O)(=O)C[CH]C(C)(C)CC#Cc3ccccc3)CC2)cc1. The number of nitrogens with zero attached hydrogens (tertiary/aromatic N) is 2. The molecule has 1 radical (unpaired) electrons. The van der Waals surface area contributed by atoms with Crippen molar-refractivity contribution in [2.45, 2.75) is 27.2 Å². The van der Waals surface area contributed by atoms with E-state index in [1.165, 1.54) is 0 Å². The molecule has 0 amide bonds. The normalized spacial score (nSPS) is 15.2. The lowest BCUT2D eigenvalue weighted by Crippen LogP contribution is -2.49. The van der Waals surface area contributed by atoms with E-state index in [9.17, 15) is 8.42 Å². The standard InChI is InChI=1S/C26H33N2O3S/c1-4-31-25-14-12-24(13-15-25)27-18-20-28(21-19-27)32(29,30)22-17-26(2,3)16-8-11-23-9-6-5-7-10-23/h5-7,9-10,12-15,17H,4,16,18-22H2,1-3H3. The predicted octanol–water partition coefficient (Wildman–Crippen LogP) is 4.21. The number of hydrogen-bond acceptors (Lipinski definition) is 4. The number of piperazine rings is 1. The van der Waals surface area contributed by atoms with Gasteiger partial charge in [-0.1, -0.05) is 43.9 Å². The van der Waals surface area contributed by atoms with E-state index in [1.54, 1.807) is 4.31 Å². The summed E-state index contributed by atoms with van der Waals surface area (Å²) >= 11 is 0. The Bertz CT molecular complexity index is 1010. The Morgan fingerprint density at radius 2 is 1.66 bits per heavy atom. The summed E-state index contributed by atoms with van der Waals surface area (Å²) in [5.41, 5.74) is 1.79. The van der Waals surface area contributed by atoms with Gasteiger partial charge in [0.25, 0.3) is 0 Å². The minimum absolute atomic E-state index is 0.0378. The van der Waals surface area contributed by atoms with Crippen LogP contribution in [0.2, 0.25) is 0 Å². The first kappa shape index (κ1) is 24.2. The van der Waals surface area contributed by atoms with E-state index in [-0.39, 0.29) is 11.2 Å². The molecule has 0 aromatic heterocycles. The zero-order chi connectivity index (χ0) is 23.0. The van der Waals surface area contributed by atoms with Gasteiger partial charge in [0, 0.05) is 43.9 Å². The fourth-order valence-corrected chi connectivity index (χ4v) is 5.14. The van der Waals surface area contributed by atoms with Crippen molar-refractivity contribution in [3.63, 3.8) is 0 Å². The Balaban J connectivity index is 1.49. The molecule has 0 spiro atoms. The lowest BCUT2D eigenvalue weighted by atomic mass is 9.87. The summed E-state index contributed by atoms with van der Waals surface area (Å²) < 4.78 is 32.9. The average molecular weight is 454 g/mol. The number of sulfonamides is 1. The van der Waals surface area contributed by atoms with Crippen LogP contribution in [0.25, 0.3) is 0 Å². The van der Waals surface area contributed by atoms with Crippen LogP contribution in [0.15, 0.2) is 54.6 Å². The molecule has 0 N–H and O–H groups in total. The van der Waals surface area contributed by atoms with Crippen LogP contribution in [0.3, 0.4) is 0 Å². The van der Waals surface area contributed by atoms with Crippen molar-refractivity contribution in [2.75, 3.05) is 43.4 Å². The third-order valence-corrected chi connectivity index (χ3v) is 7.28. The van der Waals surface area contributed by atoms with Gasteiger partial charge in [0.15, 0.2) is 0 Å². The Labute approximate surface area is 193 Å². The van der Waals surface area contributed by atoms with E-state index >= 15 is 0 Å². The van der Waals surface area contributed by atoms with Gasteiger partial charge in [-0.15, -0.1) is 0 Å². The number of rotatable bonds is 8. The molecule has 6 heteroatoms. The molecule has 2 aromatic carbocycles. The highest BCUT2D eigenvalue weighted by molar-refractivity contribution is 7.89. The van der Waals surface area contributed by atoms with Gasteiger partial charge in [0.2, 0.25) is 10.0 Å². The molecule has 0 bridgehead atoms. The molecule has 171 valence electrons. The molecular weight excluding hydrogens is 420 g/mol. The highest BCUT2D eigenvalue weighted by atomic mass is 32.2. The molecule has 3 rings (SSSR count). The van der Waals surface area contributed by atoms with Crippen LogP contribution in [0, 0.1) is 23.7 Å². The zero-order valence-electron chi connectivity index (χ0n) is 19.3. The topological polar surface area (TPSA) is 49.9 Å². The van der Waals surface area contributed by atoms with Crippen LogP contribution >= 0.6 is 0 Å². The monoisotopic (exact) mass is 453 g/mol. The van der Waals surface area contributed by atoms with Gasteiger partial charge in [0.1, 0.15) is 5.75 Å². The molecule has 32 heavy (non-hydrogen) atoms. The molecule has 1 fully saturated rings. The van der Waals surface area contributed by atoms with Crippen LogP contribution in [0.5, 0.6) is 5.75 Å². The van der Waals surface area contributed by atoms with Gasteiger partial charge < -0.3 is 9.64 Å². The van der Waals surface area contributed by atoms with E-state index in [2.05, 4.69) is 16.7 Å². The number of anilines is 1. The number of hydrogen-bond donors (Lipinski definition) is 0. The van der Waals surface area contributed by atoms with Gasteiger partial charge in [0.05, 0.1) is 12.4 Å². The number of benzene rings is 2. The molecule has 1 saturated heterocycles. The second kappa shape index (κ2) is 10.9. The molecule has 5 nitrogen and oxygen atoms in total. The van der Waals surface area contributed by atoms with Crippen LogP contribution in [0.4, 0.5) is 5.69 Å². The maximum absolute atomic E-state index is 12.9. The average Bonchev–Trinajstić information content (AvgIpc) is 2.79. The third-order valence-electron chi connectivity index (χ3n) is 5.54. The molecule has 1 aliphatic rings. The van der Waals surface area contributed by atoms with Crippen molar-refractivity contribution in [3.05, 3.63) is 66.6 Å². The lowest BCUT2D eigenvalue weighted by molar-refractivity contribution is 0.340. The van der Waals surface area contributed by atoms with Crippen molar-refractivity contribution in [1.82, 2.24) is 4.31 Å². The summed E-state index contributed by atoms with van der Waals surface area (Å²) in [4.78, 5) is 2.22. The molecule has 0 unspecified atom stereocenters. The Kier molecular flexibility index (Phi) is 8.22. The fraction of sp³-hybridized carbons (Fsp3) is 0.423. The van der Waals surface area contributed by atoms with E-state index in [0.29, 0.717) is 39.2 Å². The first-order valence-electron chi connectivity index (χ1n) is 11.1. The summed E-state index contributed by atoms with van der Waals surface area (Å²) in [5.74, 6) is 7.23. The van der Waals surface area contributed by atoms with Crippen molar-refractivity contribution in [3.8, 4) is 17.6 Å². The highest BCUT2D eigenvalue weighted by Gasteiger charge is 2.29. The van der Waals surface area contributed by atoms with Crippen molar-refractivity contribution in [2.24, 2.45) is 5.41 Å². The first-order chi connectivity index (χ1) is 15.3. The lowest BCUT2D eigenvalue weighted by Gasteiger charge is -2.36. The third kappa shape index (κ3) is 7.01. The minimum atomic E-state index is -3.33. The van der Waals surface area contributed by atoms with Gasteiger partial charge in [-0.05, 0) is 55.2 Å². The van der Waals surface area contributed by atoms with Crippen molar-refractivity contribution in [1.29, 1.82) is 0 Å². The smallest absolute Gasteiger partial charge is 0.214 e. The largest absolute Gasteiger partial charge is 0.494 e. The first-order valence-corrected chi connectivity index (χ1v) is 12.7. The Morgan fingerprint density at radius 1 is 1.00 bits per heavy atom. The van der Waals surface area contributed by atoms with Gasteiger partial charge in [-0.3, -0.25) is 0 Å². The Morgan fingerprint density at radius 3 is 2.28 bits per heavy atom. The summed E-state index contributed by atoms with van der Waals surface area (Å²) in [6.45, 7) is 9.03. The summed E-state index contributed by atoms with van der Waals surface area (Å²) in [6.07, 6.45) is 2.50. The van der Waals surface area contributed by atoms with Crippen LogP contribution < -0.4 is 9.64 Å². The predicted molar refractivity (Wildman–Crippen MR) is 131 cm³/mol. The molecule has 1 heterocycles. The molecule has 0 saturated carbocycles. The minimum Gasteiger partial charge on any atom is -0.494 e. The molecule has 1 aliphatic heterocycles. The second-order valence-electron chi connectivity index (χ2n) is 8.63. The molecule has 2 aromatic rings. The van der Waals surface area contributed by atoms with Crippen LogP contribution in [0.1, 0.15) is 32.8 Å². The zero-order valence-corrected chi connectivity index (χ0v) is 20.1. The van der Waals surface area contributed by atoms with Crippen LogP contribution in [-0.2, 0) is 10.0 Å². The highest BCUT2D eigenvalue weighted by Crippen LogP contribution is 2.26.